The van der Waals surface area contributed by atoms with Crippen molar-refractivity contribution in [2.24, 2.45) is 10.7 Å². The Morgan fingerprint density at radius 1 is 1.12 bits per heavy atom. The van der Waals surface area contributed by atoms with Gasteiger partial charge in [-0.15, -0.1) is 24.0 Å². The van der Waals surface area contributed by atoms with Crippen LogP contribution < -0.4 is 11.1 Å². The maximum atomic E-state index is 13.0. The van der Waals surface area contributed by atoms with Crippen molar-refractivity contribution < 1.29 is 17.6 Å². The molecule has 0 aromatic heterocycles. The molecule has 2 rings (SSSR count). The SMILES string of the molecule is Cc1ccc(NC(N)=NCc2ccc(F)cc2C(F)(F)F)cc1.I. The van der Waals surface area contributed by atoms with Crippen LogP contribution in [0.3, 0.4) is 0 Å². The summed E-state index contributed by atoms with van der Waals surface area (Å²) < 4.78 is 51.6. The van der Waals surface area contributed by atoms with Crippen molar-refractivity contribution in [3.8, 4) is 0 Å². The van der Waals surface area contributed by atoms with Crippen LogP contribution >= 0.6 is 24.0 Å². The number of halogens is 5. The molecule has 0 aliphatic rings. The van der Waals surface area contributed by atoms with E-state index in [0.29, 0.717) is 11.8 Å². The summed E-state index contributed by atoms with van der Waals surface area (Å²) in [4.78, 5) is 3.88. The maximum Gasteiger partial charge on any atom is 0.416 e. The average molecular weight is 453 g/mol. The monoisotopic (exact) mass is 453 g/mol. The van der Waals surface area contributed by atoms with Gasteiger partial charge in [-0.05, 0) is 36.8 Å². The van der Waals surface area contributed by atoms with Crippen LogP contribution in [-0.4, -0.2) is 5.96 Å². The summed E-state index contributed by atoms with van der Waals surface area (Å²) in [7, 11) is 0. The molecule has 0 saturated heterocycles. The molecule has 0 heterocycles. The van der Waals surface area contributed by atoms with Crippen molar-refractivity contribution in [1.82, 2.24) is 0 Å². The van der Waals surface area contributed by atoms with E-state index in [1.165, 1.54) is 0 Å². The fourth-order valence-electron chi connectivity index (χ4n) is 1.95. The Morgan fingerprint density at radius 3 is 2.33 bits per heavy atom. The molecule has 0 bridgehead atoms. The van der Waals surface area contributed by atoms with Gasteiger partial charge in [0, 0.05) is 5.69 Å². The van der Waals surface area contributed by atoms with E-state index >= 15 is 0 Å². The van der Waals surface area contributed by atoms with E-state index in [-0.39, 0.29) is 42.0 Å². The molecule has 0 unspecified atom stereocenters. The van der Waals surface area contributed by atoms with Crippen molar-refractivity contribution in [2.75, 3.05) is 5.32 Å². The van der Waals surface area contributed by atoms with E-state index in [0.717, 1.165) is 17.7 Å². The predicted molar refractivity (Wildman–Crippen MR) is 96.9 cm³/mol. The second-order valence-electron chi connectivity index (χ2n) is 4.99. The molecule has 0 aliphatic carbocycles. The quantitative estimate of drug-likeness (QED) is 0.307. The first-order valence-corrected chi connectivity index (χ1v) is 6.75. The Kier molecular flexibility index (Phi) is 7.00. The molecule has 3 nitrogen and oxygen atoms in total. The van der Waals surface area contributed by atoms with Gasteiger partial charge in [0.1, 0.15) is 5.82 Å². The van der Waals surface area contributed by atoms with Crippen molar-refractivity contribution in [2.45, 2.75) is 19.6 Å². The van der Waals surface area contributed by atoms with E-state index in [2.05, 4.69) is 10.3 Å². The number of rotatable bonds is 3. The van der Waals surface area contributed by atoms with Crippen LogP contribution in [0.15, 0.2) is 47.5 Å². The summed E-state index contributed by atoms with van der Waals surface area (Å²) >= 11 is 0. The minimum atomic E-state index is -4.65. The zero-order valence-corrected chi connectivity index (χ0v) is 15.0. The molecule has 2 aromatic carbocycles. The summed E-state index contributed by atoms with van der Waals surface area (Å²) in [6.45, 7) is 1.62. The highest BCUT2D eigenvalue weighted by molar-refractivity contribution is 14.0. The zero-order valence-electron chi connectivity index (χ0n) is 12.7. The van der Waals surface area contributed by atoms with Crippen LogP contribution in [0.1, 0.15) is 16.7 Å². The Hall–Kier alpha value is -1.84. The van der Waals surface area contributed by atoms with Crippen LogP contribution in [0.2, 0.25) is 0 Å². The normalized spacial score (nSPS) is 11.8. The lowest BCUT2D eigenvalue weighted by Crippen LogP contribution is -2.22. The third kappa shape index (κ3) is 5.66. The Bertz CT molecular complexity index is 712. The summed E-state index contributed by atoms with van der Waals surface area (Å²) in [6.07, 6.45) is -4.65. The lowest BCUT2D eigenvalue weighted by Gasteiger charge is -2.12. The van der Waals surface area contributed by atoms with Crippen molar-refractivity contribution >= 4 is 35.6 Å². The molecular weight excluding hydrogens is 437 g/mol. The number of anilines is 1. The van der Waals surface area contributed by atoms with Gasteiger partial charge in [-0.3, -0.25) is 0 Å². The number of guanidine groups is 1. The largest absolute Gasteiger partial charge is 0.416 e. The third-order valence-corrected chi connectivity index (χ3v) is 3.12. The Balaban J connectivity index is 0.00000288. The molecule has 3 N–H and O–H groups in total. The van der Waals surface area contributed by atoms with Crippen LogP contribution in [0, 0.1) is 12.7 Å². The minimum absolute atomic E-state index is 0. The van der Waals surface area contributed by atoms with Crippen LogP contribution in [0.5, 0.6) is 0 Å². The zero-order chi connectivity index (χ0) is 17.0. The summed E-state index contributed by atoms with van der Waals surface area (Å²) in [5.41, 5.74) is 6.20. The molecule has 0 radical (unpaired) electrons. The van der Waals surface area contributed by atoms with Crippen molar-refractivity contribution in [3.63, 3.8) is 0 Å². The molecule has 0 aliphatic heterocycles. The number of aliphatic imine (C=N–C) groups is 1. The smallest absolute Gasteiger partial charge is 0.370 e. The molecule has 0 saturated carbocycles. The van der Waals surface area contributed by atoms with Gasteiger partial charge in [0.15, 0.2) is 5.96 Å². The fourth-order valence-corrected chi connectivity index (χ4v) is 1.95. The second kappa shape index (κ2) is 8.32. The van der Waals surface area contributed by atoms with E-state index in [1.54, 1.807) is 12.1 Å². The van der Waals surface area contributed by atoms with Crippen molar-refractivity contribution in [3.05, 3.63) is 65.0 Å². The van der Waals surface area contributed by atoms with Gasteiger partial charge in [-0.2, -0.15) is 13.2 Å². The molecule has 0 atom stereocenters. The predicted octanol–water partition coefficient (Wildman–Crippen LogP) is 4.70. The second-order valence-corrected chi connectivity index (χ2v) is 4.99. The Labute approximate surface area is 154 Å². The molecule has 0 amide bonds. The van der Waals surface area contributed by atoms with E-state index in [9.17, 15) is 17.6 Å². The number of benzene rings is 2. The van der Waals surface area contributed by atoms with Gasteiger partial charge in [0.25, 0.3) is 0 Å². The highest BCUT2D eigenvalue weighted by Gasteiger charge is 2.33. The maximum absolute atomic E-state index is 13.0. The highest BCUT2D eigenvalue weighted by Crippen LogP contribution is 2.32. The van der Waals surface area contributed by atoms with Crippen molar-refractivity contribution in [1.29, 1.82) is 0 Å². The first-order valence-electron chi connectivity index (χ1n) is 6.75. The number of nitrogens with one attached hydrogen (secondary N) is 1. The third-order valence-electron chi connectivity index (χ3n) is 3.12. The van der Waals surface area contributed by atoms with Crippen LogP contribution in [-0.2, 0) is 12.7 Å². The Morgan fingerprint density at radius 2 is 1.75 bits per heavy atom. The van der Waals surface area contributed by atoms with Gasteiger partial charge >= 0.3 is 6.18 Å². The summed E-state index contributed by atoms with van der Waals surface area (Å²) in [6, 6.07) is 9.74. The fraction of sp³-hybridized carbons (Fsp3) is 0.188. The number of nitrogens with zero attached hydrogens (tertiary/aromatic N) is 1. The molecule has 2 aromatic rings. The number of hydrogen-bond acceptors (Lipinski definition) is 1. The first-order chi connectivity index (χ1) is 10.8. The van der Waals surface area contributed by atoms with E-state index in [4.69, 9.17) is 5.73 Å². The summed E-state index contributed by atoms with van der Waals surface area (Å²) in [5.74, 6) is -0.970. The number of hydrogen-bond donors (Lipinski definition) is 2. The number of nitrogens with two attached hydrogens (primary N) is 1. The first kappa shape index (κ1) is 20.2. The lowest BCUT2D eigenvalue weighted by molar-refractivity contribution is -0.138. The molecular formula is C16H16F4IN3. The van der Waals surface area contributed by atoms with Gasteiger partial charge in [-0.1, -0.05) is 23.8 Å². The number of alkyl halides is 3. The van der Waals surface area contributed by atoms with Gasteiger partial charge in [-0.25, -0.2) is 9.38 Å². The van der Waals surface area contributed by atoms with Gasteiger partial charge in [0.05, 0.1) is 12.1 Å². The lowest BCUT2D eigenvalue weighted by atomic mass is 10.1. The highest BCUT2D eigenvalue weighted by atomic mass is 127. The topological polar surface area (TPSA) is 50.4 Å². The molecule has 0 spiro atoms. The van der Waals surface area contributed by atoms with Gasteiger partial charge < -0.3 is 11.1 Å². The van der Waals surface area contributed by atoms with Gasteiger partial charge in [0.2, 0.25) is 0 Å². The molecule has 24 heavy (non-hydrogen) atoms. The minimum Gasteiger partial charge on any atom is -0.370 e. The molecule has 8 heteroatoms. The van der Waals surface area contributed by atoms with E-state index < -0.39 is 17.6 Å². The summed E-state index contributed by atoms with van der Waals surface area (Å²) in [5, 5.41) is 2.78. The van der Waals surface area contributed by atoms with Crippen LogP contribution in [0.25, 0.3) is 0 Å². The van der Waals surface area contributed by atoms with E-state index in [1.807, 2.05) is 19.1 Å². The number of aryl methyl sites for hydroxylation is 1. The average Bonchev–Trinajstić information content (AvgIpc) is 2.47. The standard InChI is InChI=1S/C16H15F4N3.HI/c1-10-2-6-13(7-3-10)23-15(21)22-9-11-4-5-12(17)8-14(11)16(18,19)20;/h2-8H,9H2,1H3,(H3,21,22,23);1H. The van der Waals surface area contributed by atoms with Crippen LogP contribution in [0.4, 0.5) is 23.2 Å². The molecule has 0 fully saturated rings. The molecule has 130 valence electrons.